The van der Waals surface area contributed by atoms with E-state index in [1.54, 1.807) is 0 Å². The molecule has 1 aliphatic heterocycles. The van der Waals surface area contributed by atoms with E-state index in [1.807, 2.05) is 65.0 Å². The Bertz CT molecular complexity index is 589. The maximum absolute atomic E-state index is 12.5. The molecule has 24 heavy (non-hydrogen) atoms. The molecule has 5 heteroatoms. The van der Waals surface area contributed by atoms with Crippen molar-refractivity contribution in [1.29, 1.82) is 0 Å². The van der Waals surface area contributed by atoms with Crippen molar-refractivity contribution in [3.63, 3.8) is 0 Å². The Morgan fingerprint density at radius 3 is 2.42 bits per heavy atom. The summed E-state index contributed by atoms with van der Waals surface area (Å²) < 4.78 is 10.9. The van der Waals surface area contributed by atoms with Crippen molar-refractivity contribution in [2.24, 2.45) is 5.41 Å². The number of rotatable bonds is 3. The molecule has 1 aromatic rings. The monoisotopic (exact) mass is 333 g/mol. The smallest absolute Gasteiger partial charge is 0.411 e. The van der Waals surface area contributed by atoms with Crippen LogP contribution in [0.5, 0.6) is 0 Å². The second-order valence-electron chi connectivity index (χ2n) is 8.09. The minimum absolute atomic E-state index is 0.145. The average molecular weight is 333 g/mol. The Balaban J connectivity index is 2.04. The lowest BCUT2D eigenvalue weighted by molar-refractivity contribution is -0.150. The number of amides is 1. The number of hydrogen-bond donors (Lipinski definition) is 0. The zero-order valence-corrected chi connectivity index (χ0v) is 15.2. The Morgan fingerprint density at radius 1 is 1.21 bits per heavy atom. The Labute approximate surface area is 143 Å². The summed E-state index contributed by atoms with van der Waals surface area (Å²) in [7, 11) is 0. The van der Waals surface area contributed by atoms with E-state index >= 15 is 0 Å². The van der Waals surface area contributed by atoms with Crippen LogP contribution in [0.1, 0.15) is 46.6 Å². The van der Waals surface area contributed by atoms with Crippen LogP contribution in [0.4, 0.5) is 4.79 Å². The lowest BCUT2D eigenvalue weighted by atomic mass is 9.91. The number of likely N-dealkylation sites (tertiary alicyclic amines) is 1. The number of benzene rings is 1. The molecule has 0 spiro atoms. The number of carbonyl (C=O) groups is 2. The molecule has 1 heterocycles. The van der Waals surface area contributed by atoms with E-state index in [4.69, 9.17) is 9.47 Å². The third-order valence-electron chi connectivity index (χ3n) is 3.84. The van der Waals surface area contributed by atoms with Crippen molar-refractivity contribution in [3.05, 3.63) is 35.9 Å². The third kappa shape index (κ3) is 4.98. The van der Waals surface area contributed by atoms with E-state index in [2.05, 4.69) is 0 Å². The summed E-state index contributed by atoms with van der Waals surface area (Å²) in [5.74, 6) is -0.379. The lowest BCUT2D eigenvalue weighted by Crippen LogP contribution is -2.44. The first-order chi connectivity index (χ1) is 11.1. The van der Waals surface area contributed by atoms with Gasteiger partial charge in [0.15, 0.2) is 0 Å². The van der Waals surface area contributed by atoms with Gasteiger partial charge in [0, 0.05) is 6.54 Å². The van der Waals surface area contributed by atoms with Gasteiger partial charge in [0.1, 0.15) is 18.2 Å². The van der Waals surface area contributed by atoms with Gasteiger partial charge in [-0.25, -0.2) is 9.59 Å². The highest BCUT2D eigenvalue weighted by molar-refractivity contribution is 5.82. The molecule has 0 saturated carbocycles. The number of hydrogen-bond acceptors (Lipinski definition) is 4. The lowest BCUT2D eigenvalue weighted by Gasteiger charge is -2.28. The van der Waals surface area contributed by atoms with Crippen molar-refractivity contribution in [1.82, 2.24) is 4.90 Å². The van der Waals surface area contributed by atoms with E-state index in [0.29, 0.717) is 13.0 Å². The fraction of sp³-hybridized carbons (Fsp3) is 0.579. The van der Waals surface area contributed by atoms with Crippen molar-refractivity contribution in [2.45, 2.75) is 59.3 Å². The zero-order chi connectivity index (χ0) is 18.0. The molecule has 0 aliphatic carbocycles. The minimum atomic E-state index is -0.599. The summed E-state index contributed by atoms with van der Waals surface area (Å²) in [6.07, 6.45) is 0.106. The van der Waals surface area contributed by atoms with Gasteiger partial charge in [0.2, 0.25) is 0 Å². The second-order valence-corrected chi connectivity index (χ2v) is 8.09. The van der Waals surface area contributed by atoms with Crippen molar-refractivity contribution in [2.75, 3.05) is 6.54 Å². The minimum Gasteiger partial charge on any atom is -0.459 e. The highest BCUT2D eigenvalue weighted by atomic mass is 16.6. The molecule has 1 fully saturated rings. The maximum Gasteiger partial charge on any atom is 0.411 e. The Morgan fingerprint density at radius 2 is 1.83 bits per heavy atom. The molecular weight excluding hydrogens is 306 g/mol. The maximum atomic E-state index is 12.5. The van der Waals surface area contributed by atoms with Crippen molar-refractivity contribution in [3.8, 4) is 0 Å². The molecule has 0 aromatic heterocycles. The summed E-state index contributed by atoms with van der Waals surface area (Å²) in [6.45, 7) is 10.2. The predicted octanol–water partition coefficient (Wildman–Crippen LogP) is 3.77. The first-order valence-corrected chi connectivity index (χ1v) is 8.28. The molecule has 132 valence electrons. The molecule has 1 aliphatic rings. The van der Waals surface area contributed by atoms with Gasteiger partial charge in [-0.2, -0.15) is 0 Å². The molecule has 1 atom stereocenters. The predicted molar refractivity (Wildman–Crippen MR) is 91.4 cm³/mol. The van der Waals surface area contributed by atoms with E-state index in [1.165, 1.54) is 4.90 Å². The average Bonchev–Trinajstić information content (AvgIpc) is 2.80. The van der Waals surface area contributed by atoms with Crippen LogP contribution in [-0.4, -0.2) is 35.2 Å². The second kappa shape index (κ2) is 6.83. The molecule has 5 nitrogen and oxygen atoms in total. The van der Waals surface area contributed by atoms with Gasteiger partial charge in [0.05, 0.1) is 0 Å². The fourth-order valence-corrected chi connectivity index (χ4v) is 2.82. The molecular formula is C19H27NO4. The van der Waals surface area contributed by atoms with Gasteiger partial charge in [-0.05, 0) is 38.2 Å². The summed E-state index contributed by atoms with van der Waals surface area (Å²) in [5, 5.41) is 0. The number of ether oxygens (including phenoxy) is 2. The topological polar surface area (TPSA) is 55.8 Å². The zero-order valence-electron chi connectivity index (χ0n) is 15.2. The summed E-state index contributed by atoms with van der Waals surface area (Å²) in [4.78, 5) is 26.4. The summed E-state index contributed by atoms with van der Waals surface area (Å²) in [5.41, 5.74) is 0.183. The first-order valence-electron chi connectivity index (χ1n) is 8.28. The standard InChI is InChI=1S/C19H27NO4/c1-18(2,3)24-17(22)20-13-19(4,5)11-15(20)16(21)23-12-14-9-7-6-8-10-14/h6-10,15H,11-13H2,1-5H3/t15-/m0/s1. The van der Waals surface area contributed by atoms with E-state index < -0.39 is 17.7 Å². The van der Waals surface area contributed by atoms with Crippen LogP contribution in [0.3, 0.4) is 0 Å². The largest absolute Gasteiger partial charge is 0.459 e. The van der Waals surface area contributed by atoms with E-state index in [0.717, 1.165) is 5.56 Å². The van der Waals surface area contributed by atoms with Crippen molar-refractivity contribution < 1.29 is 19.1 Å². The van der Waals surface area contributed by atoms with Crippen LogP contribution in [0, 0.1) is 5.41 Å². The molecule has 1 saturated heterocycles. The quantitative estimate of drug-likeness (QED) is 0.790. The number of nitrogens with zero attached hydrogens (tertiary/aromatic N) is 1. The van der Waals surface area contributed by atoms with Crippen LogP contribution in [-0.2, 0) is 20.9 Å². The molecule has 0 radical (unpaired) electrons. The highest BCUT2D eigenvalue weighted by Crippen LogP contribution is 2.35. The first kappa shape index (κ1) is 18.3. The Hall–Kier alpha value is -2.04. The third-order valence-corrected chi connectivity index (χ3v) is 3.84. The number of carbonyl (C=O) groups excluding carboxylic acids is 2. The molecule has 2 rings (SSSR count). The van der Waals surface area contributed by atoms with Gasteiger partial charge >= 0.3 is 12.1 Å². The van der Waals surface area contributed by atoms with Crippen LogP contribution >= 0.6 is 0 Å². The molecule has 0 N–H and O–H groups in total. The molecule has 1 amide bonds. The fourth-order valence-electron chi connectivity index (χ4n) is 2.82. The Kier molecular flexibility index (Phi) is 5.21. The van der Waals surface area contributed by atoms with Gasteiger partial charge in [-0.3, -0.25) is 4.90 Å². The van der Waals surface area contributed by atoms with Crippen LogP contribution in [0.15, 0.2) is 30.3 Å². The molecule has 1 aromatic carbocycles. The van der Waals surface area contributed by atoms with Gasteiger partial charge < -0.3 is 9.47 Å². The van der Waals surface area contributed by atoms with Gasteiger partial charge in [-0.1, -0.05) is 44.2 Å². The highest BCUT2D eigenvalue weighted by Gasteiger charge is 2.46. The number of esters is 1. The van der Waals surface area contributed by atoms with Gasteiger partial charge in [-0.15, -0.1) is 0 Å². The van der Waals surface area contributed by atoms with E-state index in [9.17, 15) is 9.59 Å². The van der Waals surface area contributed by atoms with Crippen LogP contribution in [0.2, 0.25) is 0 Å². The SMILES string of the molecule is CC1(C)C[C@@H](C(=O)OCc2ccccc2)N(C(=O)OC(C)(C)C)C1. The normalized spacial score (nSPS) is 19.9. The summed E-state index contributed by atoms with van der Waals surface area (Å²) in [6, 6.07) is 8.91. The van der Waals surface area contributed by atoms with Gasteiger partial charge in [0.25, 0.3) is 0 Å². The summed E-state index contributed by atoms with van der Waals surface area (Å²) >= 11 is 0. The molecule has 0 bridgehead atoms. The molecule has 0 unspecified atom stereocenters. The van der Waals surface area contributed by atoms with Crippen LogP contribution < -0.4 is 0 Å². The van der Waals surface area contributed by atoms with Crippen molar-refractivity contribution >= 4 is 12.1 Å². The van der Waals surface area contributed by atoms with E-state index in [-0.39, 0.29) is 18.0 Å². The van der Waals surface area contributed by atoms with Crippen LogP contribution in [0.25, 0.3) is 0 Å².